The van der Waals surface area contributed by atoms with E-state index in [0.717, 1.165) is 10.1 Å². The van der Waals surface area contributed by atoms with Crippen LogP contribution in [0.15, 0.2) is 54.6 Å². The van der Waals surface area contributed by atoms with Gasteiger partial charge >= 0.3 is 5.97 Å². The molecule has 0 bridgehead atoms. The Balaban J connectivity index is 1.80. The van der Waals surface area contributed by atoms with Gasteiger partial charge in [-0.05, 0) is 48.7 Å². The molecule has 0 aliphatic heterocycles. The van der Waals surface area contributed by atoms with Crippen LogP contribution in [0.3, 0.4) is 0 Å². The summed E-state index contributed by atoms with van der Waals surface area (Å²) < 4.78 is 6.38. The molecule has 0 unspecified atom stereocenters. The maximum atomic E-state index is 12.1. The smallest absolute Gasteiger partial charge is 0.353 e. The van der Waals surface area contributed by atoms with Crippen LogP contribution < -0.4 is 4.74 Å². The molecule has 3 rings (SSSR count). The monoisotopic (exact) mass is 296 g/mol. The van der Waals surface area contributed by atoms with E-state index in [-0.39, 0.29) is 11.8 Å². The van der Waals surface area contributed by atoms with Gasteiger partial charge in [0.2, 0.25) is 0 Å². The summed E-state index contributed by atoms with van der Waals surface area (Å²) in [6.07, 6.45) is 0. The minimum Gasteiger partial charge on any atom is -0.422 e. The van der Waals surface area contributed by atoms with E-state index >= 15 is 0 Å². The summed E-state index contributed by atoms with van der Waals surface area (Å²) in [6.45, 7) is 1.50. The summed E-state index contributed by atoms with van der Waals surface area (Å²) in [5.74, 6) is 0.0339. The van der Waals surface area contributed by atoms with Gasteiger partial charge in [0.1, 0.15) is 10.6 Å². The first-order valence-corrected chi connectivity index (χ1v) is 7.27. The molecule has 0 atom stereocenters. The average Bonchev–Trinajstić information content (AvgIpc) is 2.92. The Morgan fingerprint density at radius 3 is 2.38 bits per heavy atom. The van der Waals surface area contributed by atoms with E-state index in [1.807, 2.05) is 30.3 Å². The molecule has 0 N–H and O–H groups in total. The van der Waals surface area contributed by atoms with Crippen molar-refractivity contribution in [3.05, 3.63) is 65.0 Å². The van der Waals surface area contributed by atoms with Crippen molar-refractivity contribution in [2.24, 2.45) is 0 Å². The molecule has 3 aromatic rings. The van der Waals surface area contributed by atoms with Gasteiger partial charge in [0.05, 0.1) is 0 Å². The van der Waals surface area contributed by atoms with Crippen molar-refractivity contribution < 1.29 is 14.3 Å². The Bertz CT molecular complexity index is 782. The number of fused-ring (bicyclic) bond motifs is 1. The lowest BCUT2D eigenvalue weighted by Crippen LogP contribution is -2.06. The Labute approximate surface area is 125 Å². The van der Waals surface area contributed by atoms with Crippen molar-refractivity contribution in [1.29, 1.82) is 0 Å². The minimum atomic E-state index is -0.383. The van der Waals surface area contributed by atoms with Crippen LogP contribution in [0, 0.1) is 0 Å². The van der Waals surface area contributed by atoms with Crippen molar-refractivity contribution in [3.63, 3.8) is 0 Å². The van der Waals surface area contributed by atoms with Crippen molar-refractivity contribution in [2.75, 3.05) is 0 Å². The summed E-state index contributed by atoms with van der Waals surface area (Å²) >= 11 is 1.40. The summed E-state index contributed by atoms with van der Waals surface area (Å²) in [6, 6.07) is 16.2. The van der Waals surface area contributed by atoms with E-state index in [0.29, 0.717) is 16.2 Å². The molecule has 1 heterocycles. The van der Waals surface area contributed by atoms with Crippen LogP contribution in [0.1, 0.15) is 27.0 Å². The second-order valence-corrected chi connectivity index (χ2v) is 5.70. The highest BCUT2D eigenvalue weighted by Gasteiger charge is 2.12. The lowest BCUT2D eigenvalue weighted by molar-refractivity contribution is 0.0740. The molecular formula is C17H12O3S. The molecule has 0 fully saturated rings. The first kappa shape index (κ1) is 13.5. The van der Waals surface area contributed by atoms with Crippen LogP contribution in [-0.4, -0.2) is 11.8 Å². The highest BCUT2D eigenvalue weighted by molar-refractivity contribution is 7.20. The van der Waals surface area contributed by atoms with Crippen LogP contribution in [0.25, 0.3) is 10.1 Å². The van der Waals surface area contributed by atoms with Crippen molar-refractivity contribution >= 4 is 33.2 Å². The van der Waals surface area contributed by atoms with Gasteiger partial charge in [-0.3, -0.25) is 4.79 Å². The quantitative estimate of drug-likeness (QED) is 0.410. The van der Waals surface area contributed by atoms with Crippen molar-refractivity contribution in [1.82, 2.24) is 0 Å². The number of thiophene rings is 1. The SMILES string of the molecule is CC(=O)c1ccc(OC(=O)c2cc3ccccc3s2)cc1. The molecule has 0 radical (unpaired) electrons. The number of rotatable bonds is 3. The van der Waals surface area contributed by atoms with E-state index in [4.69, 9.17) is 4.74 Å². The van der Waals surface area contributed by atoms with Gasteiger partial charge in [-0.1, -0.05) is 18.2 Å². The molecule has 4 heteroatoms. The standard InChI is InChI=1S/C17H12O3S/c1-11(18)12-6-8-14(9-7-12)20-17(19)16-10-13-4-2-3-5-15(13)21-16/h2-10H,1H3. The lowest BCUT2D eigenvalue weighted by Gasteiger charge is -2.03. The number of carbonyl (C=O) groups excluding carboxylic acids is 2. The molecule has 0 aliphatic rings. The van der Waals surface area contributed by atoms with Gasteiger partial charge in [-0.25, -0.2) is 4.79 Å². The van der Waals surface area contributed by atoms with E-state index in [1.165, 1.54) is 18.3 Å². The van der Waals surface area contributed by atoms with E-state index in [1.54, 1.807) is 24.3 Å². The van der Waals surface area contributed by atoms with E-state index in [9.17, 15) is 9.59 Å². The number of hydrogen-bond donors (Lipinski definition) is 0. The Morgan fingerprint density at radius 2 is 1.71 bits per heavy atom. The van der Waals surface area contributed by atoms with Gasteiger partial charge in [-0.2, -0.15) is 0 Å². The van der Waals surface area contributed by atoms with Crippen LogP contribution in [0.2, 0.25) is 0 Å². The molecule has 0 amide bonds. The molecule has 0 aliphatic carbocycles. The number of carbonyl (C=O) groups is 2. The number of benzene rings is 2. The summed E-state index contributed by atoms with van der Waals surface area (Å²) in [4.78, 5) is 23.9. The maximum Gasteiger partial charge on any atom is 0.353 e. The Hall–Kier alpha value is -2.46. The number of esters is 1. The number of hydrogen-bond acceptors (Lipinski definition) is 4. The minimum absolute atomic E-state index is 0.0163. The summed E-state index contributed by atoms with van der Waals surface area (Å²) in [7, 11) is 0. The predicted molar refractivity (Wildman–Crippen MR) is 83.2 cm³/mol. The third-order valence-corrected chi connectivity index (χ3v) is 4.19. The number of ketones is 1. The Morgan fingerprint density at radius 1 is 1.00 bits per heavy atom. The predicted octanol–water partition coefficient (Wildman–Crippen LogP) is 4.32. The molecule has 0 saturated heterocycles. The fraction of sp³-hybridized carbons (Fsp3) is 0.0588. The molecular weight excluding hydrogens is 284 g/mol. The highest BCUT2D eigenvalue weighted by Crippen LogP contribution is 2.26. The van der Waals surface area contributed by atoms with Crippen LogP contribution in [-0.2, 0) is 0 Å². The zero-order chi connectivity index (χ0) is 14.8. The molecule has 104 valence electrons. The zero-order valence-corrected chi connectivity index (χ0v) is 12.1. The number of Topliss-reactive ketones (excluding diaryl/α,β-unsaturated/α-hetero) is 1. The number of ether oxygens (including phenoxy) is 1. The summed E-state index contributed by atoms with van der Waals surface area (Å²) in [5, 5.41) is 1.03. The van der Waals surface area contributed by atoms with Crippen LogP contribution in [0.4, 0.5) is 0 Å². The van der Waals surface area contributed by atoms with Crippen molar-refractivity contribution in [2.45, 2.75) is 6.92 Å². The first-order chi connectivity index (χ1) is 10.1. The fourth-order valence-corrected chi connectivity index (χ4v) is 2.94. The van der Waals surface area contributed by atoms with Crippen LogP contribution in [0.5, 0.6) is 5.75 Å². The molecule has 21 heavy (non-hydrogen) atoms. The third-order valence-electron chi connectivity index (χ3n) is 3.10. The average molecular weight is 296 g/mol. The molecule has 0 spiro atoms. The lowest BCUT2D eigenvalue weighted by atomic mass is 10.1. The van der Waals surface area contributed by atoms with Gasteiger partial charge in [0.15, 0.2) is 5.78 Å². The molecule has 2 aromatic carbocycles. The second-order valence-electron chi connectivity index (χ2n) is 4.62. The zero-order valence-electron chi connectivity index (χ0n) is 11.3. The molecule has 1 aromatic heterocycles. The van der Waals surface area contributed by atoms with E-state index < -0.39 is 0 Å². The van der Waals surface area contributed by atoms with Crippen molar-refractivity contribution in [3.8, 4) is 5.75 Å². The van der Waals surface area contributed by atoms with Gasteiger partial charge < -0.3 is 4.74 Å². The van der Waals surface area contributed by atoms with Gasteiger partial charge in [0, 0.05) is 10.3 Å². The third kappa shape index (κ3) is 2.85. The Kier molecular flexibility index (Phi) is 3.54. The van der Waals surface area contributed by atoms with Crippen LogP contribution >= 0.6 is 11.3 Å². The van der Waals surface area contributed by atoms with Gasteiger partial charge in [0.25, 0.3) is 0 Å². The van der Waals surface area contributed by atoms with Gasteiger partial charge in [-0.15, -0.1) is 11.3 Å². The highest BCUT2D eigenvalue weighted by atomic mass is 32.1. The maximum absolute atomic E-state index is 12.1. The largest absolute Gasteiger partial charge is 0.422 e. The second kappa shape index (κ2) is 5.50. The van der Waals surface area contributed by atoms with E-state index in [2.05, 4.69) is 0 Å². The molecule has 3 nitrogen and oxygen atoms in total. The normalized spacial score (nSPS) is 10.5. The summed E-state index contributed by atoms with van der Waals surface area (Å²) in [5.41, 5.74) is 0.594. The topological polar surface area (TPSA) is 43.4 Å². The molecule has 0 saturated carbocycles. The fourth-order valence-electron chi connectivity index (χ4n) is 2.00. The first-order valence-electron chi connectivity index (χ1n) is 6.45.